The van der Waals surface area contributed by atoms with Gasteiger partial charge < -0.3 is 9.47 Å². The Balaban J connectivity index is 1.67. The zero-order valence-corrected chi connectivity index (χ0v) is 17.4. The van der Waals surface area contributed by atoms with E-state index in [4.69, 9.17) is 21.1 Å². The maximum Gasteiger partial charge on any atom is 0.435 e. The van der Waals surface area contributed by atoms with Crippen molar-refractivity contribution in [3.63, 3.8) is 0 Å². The average Bonchev–Trinajstić information content (AvgIpc) is 3.17. The Bertz CT molecular complexity index is 1110. The average molecular weight is 468 g/mol. The minimum absolute atomic E-state index is 0.0779. The van der Waals surface area contributed by atoms with E-state index in [-0.39, 0.29) is 23.0 Å². The molecule has 0 aliphatic heterocycles. The molecule has 168 valence electrons. The number of carbonyl (C=O) groups excluding carboxylic acids is 2. The number of ether oxygens (including phenoxy) is 2. The van der Waals surface area contributed by atoms with Crippen LogP contribution in [0.3, 0.4) is 0 Å². The molecular formula is C21H17ClF3N3O4. The van der Waals surface area contributed by atoms with Gasteiger partial charge in [-0.25, -0.2) is 0 Å². The van der Waals surface area contributed by atoms with E-state index < -0.39 is 30.3 Å². The van der Waals surface area contributed by atoms with Crippen LogP contribution in [0.1, 0.15) is 11.3 Å². The molecule has 3 rings (SSSR count). The summed E-state index contributed by atoms with van der Waals surface area (Å²) in [5.41, 5.74) is -0.442. The molecule has 0 bridgehead atoms. The molecule has 0 saturated carbocycles. The summed E-state index contributed by atoms with van der Waals surface area (Å²) in [6, 6.07) is 13.4. The van der Waals surface area contributed by atoms with Gasteiger partial charge in [-0.3, -0.25) is 14.9 Å². The molecule has 1 N–H and O–H groups in total. The van der Waals surface area contributed by atoms with E-state index in [2.05, 4.69) is 10.4 Å². The number of para-hydroxylation sites is 1. The molecule has 7 nitrogen and oxygen atoms in total. The SMILES string of the molecule is COc1ccc(CC(=O)NC(=O)COc2cc(C(F)(F)F)nn2-c2ccccc2Cl)cc1. The number of halogens is 4. The molecule has 0 aliphatic carbocycles. The summed E-state index contributed by atoms with van der Waals surface area (Å²) in [6.07, 6.45) is -4.81. The smallest absolute Gasteiger partial charge is 0.435 e. The molecule has 0 saturated heterocycles. The van der Waals surface area contributed by atoms with Gasteiger partial charge >= 0.3 is 6.18 Å². The molecule has 2 amide bonds. The molecule has 0 unspecified atom stereocenters. The van der Waals surface area contributed by atoms with Crippen molar-refractivity contribution in [1.82, 2.24) is 15.1 Å². The van der Waals surface area contributed by atoms with Gasteiger partial charge in [-0.1, -0.05) is 35.9 Å². The molecule has 0 radical (unpaired) electrons. The molecule has 1 heterocycles. The molecule has 0 spiro atoms. The lowest BCUT2D eigenvalue weighted by Gasteiger charge is -2.10. The van der Waals surface area contributed by atoms with Gasteiger partial charge in [0.1, 0.15) is 5.75 Å². The highest BCUT2D eigenvalue weighted by Crippen LogP contribution is 2.33. The number of aromatic nitrogens is 2. The molecule has 2 aromatic carbocycles. The number of alkyl halides is 3. The first-order chi connectivity index (χ1) is 15.2. The van der Waals surface area contributed by atoms with Gasteiger partial charge in [0.15, 0.2) is 12.3 Å². The molecule has 1 aromatic heterocycles. The van der Waals surface area contributed by atoms with Gasteiger partial charge in [0.05, 0.1) is 24.2 Å². The Morgan fingerprint density at radius 2 is 1.78 bits per heavy atom. The monoisotopic (exact) mass is 467 g/mol. The quantitative estimate of drug-likeness (QED) is 0.571. The second-order valence-corrected chi connectivity index (χ2v) is 6.92. The Morgan fingerprint density at radius 3 is 2.41 bits per heavy atom. The Hall–Kier alpha value is -3.53. The summed E-state index contributed by atoms with van der Waals surface area (Å²) >= 11 is 6.05. The van der Waals surface area contributed by atoms with Crippen molar-refractivity contribution in [2.24, 2.45) is 0 Å². The number of imide groups is 1. The van der Waals surface area contributed by atoms with Gasteiger partial charge in [0.25, 0.3) is 5.91 Å². The first-order valence-corrected chi connectivity index (χ1v) is 9.55. The highest BCUT2D eigenvalue weighted by atomic mass is 35.5. The van der Waals surface area contributed by atoms with Crippen LogP contribution in [-0.4, -0.2) is 35.3 Å². The molecule has 0 aliphatic rings. The predicted octanol–water partition coefficient (Wildman–Crippen LogP) is 3.82. The molecule has 32 heavy (non-hydrogen) atoms. The normalized spacial score (nSPS) is 11.2. The molecule has 11 heteroatoms. The van der Waals surface area contributed by atoms with Crippen LogP contribution in [0.4, 0.5) is 13.2 Å². The van der Waals surface area contributed by atoms with Crippen molar-refractivity contribution in [1.29, 1.82) is 0 Å². The number of hydrogen-bond donors (Lipinski definition) is 1. The van der Waals surface area contributed by atoms with E-state index in [9.17, 15) is 22.8 Å². The third-order valence-corrected chi connectivity index (χ3v) is 4.52. The van der Waals surface area contributed by atoms with Crippen LogP contribution < -0.4 is 14.8 Å². The number of benzene rings is 2. The van der Waals surface area contributed by atoms with E-state index in [1.54, 1.807) is 36.4 Å². The van der Waals surface area contributed by atoms with E-state index >= 15 is 0 Å². The van der Waals surface area contributed by atoms with Gasteiger partial charge in [0.2, 0.25) is 11.8 Å². The first kappa shape index (κ1) is 23.1. The minimum atomic E-state index is -4.73. The number of nitrogens with one attached hydrogen (secondary N) is 1. The molecular weight excluding hydrogens is 451 g/mol. The number of hydrogen-bond acceptors (Lipinski definition) is 5. The van der Waals surface area contributed by atoms with Gasteiger partial charge in [-0.15, -0.1) is 0 Å². The van der Waals surface area contributed by atoms with E-state index in [0.29, 0.717) is 17.4 Å². The number of rotatable bonds is 7. The third kappa shape index (κ3) is 5.79. The zero-order valence-electron chi connectivity index (χ0n) is 16.6. The van der Waals surface area contributed by atoms with Crippen LogP contribution >= 0.6 is 11.6 Å². The summed E-state index contributed by atoms with van der Waals surface area (Å²) in [7, 11) is 1.51. The van der Waals surface area contributed by atoms with Crippen molar-refractivity contribution in [2.45, 2.75) is 12.6 Å². The highest BCUT2D eigenvalue weighted by molar-refractivity contribution is 6.32. The van der Waals surface area contributed by atoms with Gasteiger partial charge in [-0.05, 0) is 29.8 Å². The van der Waals surface area contributed by atoms with Crippen molar-refractivity contribution in [3.05, 3.63) is 70.9 Å². The Kier molecular flexibility index (Phi) is 7.04. The Labute approximate surface area is 185 Å². The zero-order chi connectivity index (χ0) is 23.3. The maximum absolute atomic E-state index is 13.1. The molecule has 0 atom stereocenters. The lowest BCUT2D eigenvalue weighted by atomic mass is 10.1. The second-order valence-electron chi connectivity index (χ2n) is 6.51. The van der Waals surface area contributed by atoms with E-state index in [0.717, 1.165) is 4.68 Å². The van der Waals surface area contributed by atoms with Crippen LogP contribution in [0.5, 0.6) is 11.6 Å². The van der Waals surface area contributed by atoms with Gasteiger partial charge in [-0.2, -0.15) is 23.0 Å². The predicted molar refractivity (Wildman–Crippen MR) is 109 cm³/mol. The number of methoxy groups -OCH3 is 1. The summed E-state index contributed by atoms with van der Waals surface area (Å²) < 4.78 is 50.5. The second kappa shape index (κ2) is 9.73. The summed E-state index contributed by atoms with van der Waals surface area (Å²) in [6.45, 7) is -0.707. The fourth-order valence-electron chi connectivity index (χ4n) is 2.71. The van der Waals surface area contributed by atoms with Crippen LogP contribution in [0.15, 0.2) is 54.6 Å². The van der Waals surface area contributed by atoms with Crippen molar-refractivity contribution in [3.8, 4) is 17.3 Å². The summed E-state index contributed by atoms with van der Waals surface area (Å²) in [5, 5.41) is 5.75. The first-order valence-electron chi connectivity index (χ1n) is 9.18. The highest BCUT2D eigenvalue weighted by Gasteiger charge is 2.36. The van der Waals surface area contributed by atoms with E-state index in [1.807, 2.05) is 0 Å². The number of carbonyl (C=O) groups is 2. The van der Waals surface area contributed by atoms with Crippen molar-refractivity contribution < 1.29 is 32.2 Å². The van der Waals surface area contributed by atoms with Crippen LogP contribution in [-0.2, 0) is 22.2 Å². The van der Waals surface area contributed by atoms with Crippen molar-refractivity contribution >= 4 is 23.4 Å². The fourth-order valence-corrected chi connectivity index (χ4v) is 2.92. The van der Waals surface area contributed by atoms with Crippen LogP contribution in [0.2, 0.25) is 5.02 Å². The topological polar surface area (TPSA) is 82.4 Å². The van der Waals surface area contributed by atoms with Gasteiger partial charge in [0, 0.05) is 6.07 Å². The molecule has 3 aromatic rings. The minimum Gasteiger partial charge on any atom is -0.497 e. The lowest BCUT2D eigenvalue weighted by Crippen LogP contribution is -2.35. The lowest BCUT2D eigenvalue weighted by molar-refractivity contribution is -0.141. The fraction of sp³-hybridized carbons (Fsp3) is 0.190. The number of amides is 2. The summed E-state index contributed by atoms with van der Waals surface area (Å²) in [5.74, 6) is -1.17. The van der Waals surface area contributed by atoms with E-state index in [1.165, 1.54) is 19.2 Å². The van der Waals surface area contributed by atoms with Crippen LogP contribution in [0, 0.1) is 0 Å². The van der Waals surface area contributed by atoms with Crippen molar-refractivity contribution in [2.75, 3.05) is 13.7 Å². The number of nitrogens with zero attached hydrogens (tertiary/aromatic N) is 2. The summed E-state index contributed by atoms with van der Waals surface area (Å²) in [4.78, 5) is 24.1. The standard InChI is InChI=1S/C21H17ClF3N3O4/c1-31-14-8-6-13(7-9-14)10-18(29)26-19(30)12-32-20-11-17(21(23,24)25)27-28(20)16-5-3-2-4-15(16)22/h2-9,11H,10,12H2,1H3,(H,26,29,30). The Morgan fingerprint density at radius 1 is 1.09 bits per heavy atom. The maximum atomic E-state index is 13.1. The largest absolute Gasteiger partial charge is 0.497 e. The molecule has 0 fully saturated rings. The third-order valence-electron chi connectivity index (χ3n) is 4.20. The van der Waals surface area contributed by atoms with Crippen LogP contribution in [0.25, 0.3) is 5.69 Å².